The number of carbonyl (C=O) groups excluding carboxylic acids is 1. The van der Waals surface area contributed by atoms with E-state index in [1.807, 2.05) is 31.2 Å². The number of carbonyl (C=O) groups is 1. The number of benzene rings is 2. The van der Waals surface area contributed by atoms with Gasteiger partial charge in [0.05, 0.1) is 6.61 Å². The summed E-state index contributed by atoms with van der Waals surface area (Å²) in [6, 6.07) is 17.3. The third kappa shape index (κ3) is 6.01. The van der Waals surface area contributed by atoms with Crippen molar-refractivity contribution >= 4 is 23.2 Å². The first kappa shape index (κ1) is 17.9. The summed E-state index contributed by atoms with van der Waals surface area (Å²) in [5.74, 6) is 0.433. The van der Waals surface area contributed by atoms with E-state index in [9.17, 15) is 4.79 Å². The van der Waals surface area contributed by atoms with Crippen LogP contribution < -0.4 is 15.4 Å². The van der Waals surface area contributed by atoms with Crippen LogP contribution >= 0.6 is 12.2 Å². The first-order valence-corrected chi connectivity index (χ1v) is 8.46. The summed E-state index contributed by atoms with van der Waals surface area (Å²) in [5.41, 5.74) is 1.74. The minimum Gasteiger partial charge on any atom is -0.493 e. The molecule has 0 unspecified atom stereocenters. The maximum Gasteiger partial charge on any atom is 0.257 e. The lowest BCUT2D eigenvalue weighted by Crippen LogP contribution is -2.39. The van der Waals surface area contributed by atoms with E-state index < -0.39 is 0 Å². The Morgan fingerprint density at radius 2 is 1.92 bits per heavy atom. The average molecular weight is 342 g/mol. The van der Waals surface area contributed by atoms with Crippen molar-refractivity contribution in [1.82, 2.24) is 10.6 Å². The quantitative estimate of drug-likeness (QED) is 0.758. The molecule has 2 aromatic carbocycles. The Morgan fingerprint density at radius 3 is 2.67 bits per heavy atom. The zero-order valence-electron chi connectivity index (χ0n) is 13.7. The Bertz CT molecular complexity index is 674. The molecule has 0 bridgehead atoms. The van der Waals surface area contributed by atoms with Gasteiger partial charge in [-0.2, -0.15) is 0 Å². The summed E-state index contributed by atoms with van der Waals surface area (Å²) in [4.78, 5) is 12.2. The fourth-order valence-corrected chi connectivity index (χ4v) is 2.31. The molecule has 1 amide bonds. The molecule has 0 fully saturated rings. The van der Waals surface area contributed by atoms with E-state index in [0.29, 0.717) is 23.0 Å². The highest BCUT2D eigenvalue weighted by Gasteiger charge is 2.08. The molecule has 0 radical (unpaired) electrons. The highest BCUT2D eigenvalue weighted by atomic mass is 32.1. The molecule has 0 aliphatic heterocycles. The Labute approximate surface area is 148 Å². The van der Waals surface area contributed by atoms with Gasteiger partial charge < -0.3 is 10.1 Å². The van der Waals surface area contributed by atoms with E-state index in [4.69, 9.17) is 17.0 Å². The molecule has 24 heavy (non-hydrogen) atoms. The maximum atomic E-state index is 12.2. The standard InChI is InChI=1S/C19H22N2O2S/c1-2-12-20-19(24)21-18(22)16-9-6-10-17(14-16)23-13-11-15-7-4-3-5-8-15/h3-10,14H,2,11-13H2,1H3,(H2,20,21,22,24). The Morgan fingerprint density at radius 1 is 1.12 bits per heavy atom. The van der Waals surface area contributed by atoms with Crippen molar-refractivity contribution in [3.05, 3.63) is 65.7 Å². The topological polar surface area (TPSA) is 50.4 Å². The van der Waals surface area contributed by atoms with E-state index in [2.05, 4.69) is 22.8 Å². The molecule has 0 saturated carbocycles. The Kier molecular flexibility index (Phi) is 7.23. The van der Waals surface area contributed by atoms with Gasteiger partial charge in [-0.1, -0.05) is 43.3 Å². The number of hydrogen-bond donors (Lipinski definition) is 2. The number of ether oxygens (including phenoxy) is 1. The predicted molar refractivity (Wildman–Crippen MR) is 100 cm³/mol. The lowest BCUT2D eigenvalue weighted by Gasteiger charge is -2.10. The van der Waals surface area contributed by atoms with E-state index in [-0.39, 0.29) is 5.91 Å². The van der Waals surface area contributed by atoms with Crippen LogP contribution in [0.15, 0.2) is 54.6 Å². The van der Waals surface area contributed by atoms with Crippen molar-refractivity contribution < 1.29 is 9.53 Å². The zero-order valence-corrected chi connectivity index (χ0v) is 14.6. The van der Waals surface area contributed by atoms with E-state index in [1.165, 1.54) is 5.56 Å². The number of hydrogen-bond acceptors (Lipinski definition) is 3. The van der Waals surface area contributed by atoms with Crippen molar-refractivity contribution in [3.8, 4) is 5.75 Å². The van der Waals surface area contributed by atoms with E-state index in [0.717, 1.165) is 19.4 Å². The van der Waals surface area contributed by atoms with Gasteiger partial charge in [-0.15, -0.1) is 0 Å². The van der Waals surface area contributed by atoms with Crippen molar-refractivity contribution in [2.75, 3.05) is 13.2 Å². The fourth-order valence-electron chi connectivity index (χ4n) is 2.12. The second-order valence-electron chi connectivity index (χ2n) is 5.32. The van der Waals surface area contributed by atoms with Crippen LogP contribution in [0.25, 0.3) is 0 Å². The van der Waals surface area contributed by atoms with Crippen LogP contribution in [-0.2, 0) is 6.42 Å². The van der Waals surface area contributed by atoms with Crippen LogP contribution in [0.1, 0.15) is 29.3 Å². The molecule has 5 heteroatoms. The molecule has 0 spiro atoms. The highest BCUT2D eigenvalue weighted by Crippen LogP contribution is 2.14. The average Bonchev–Trinajstić information content (AvgIpc) is 2.61. The first-order valence-electron chi connectivity index (χ1n) is 8.05. The van der Waals surface area contributed by atoms with Crippen molar-refractivity contribution in [2.45, 2.75) is 19.8 Å². The van der Waals surface area contributed by atoms with Crippen LogP contribution in [0, 0.1) is 0 Å². The first-order chi connectivity index (χ1) is 11.7. The Hall–Kier alpha value is -2.40. The number of nitrogens with one attached hydrogen (secondary N) is 2. The van der Waals surface area contributed by atoms with Gasteiger partial charge in [0.25, 0.3) is 5.91 Å². The van der Waals surface area contributed by atoms with E-state index >= 15 is 0 Å². The predicted octanol–water partition coefficient (Wildman–Crippen LogP) is 3.32. The molecule has 2 N–H and O–H groups in total. The molecular formula is C19H22N2O2S. The van der Waals surface area contributed by atoms with Crippen LogP contribution in [0.2, 0.25) is 0 Å². The number of thiocarbonyl (C=S) groups is 1. The smallest absolute Gasteiger partial charge is 0.257 e. The van der Waals surface area contributed by atoms with Crippen LogP contribution in [-0.4, -0.2) is 24.2 Å². The van der Waals surface area contributed by atoms with Crippen LogP contribution in [0.3, 0.4) is 0 Å². The summed E-state index contributed by atoms with van der Waals surface area (Å²) in [5, 5.41) is 5.98. The Balaban J connectivity index is 1.86. The molecule has 126 valence electrons. The molecule has 2 aromatic rings. The monoisotopic (exact) mass is 342 g/mol. The van der Waals surface area contributed by atoms with Gasteiger partial charge in [0.1, 0.15) is 5.75 Å². The molecule has 0 aliphatic rings. The molecular weight excluding hydrogens is 320 g/mol. The molecule has 4 nitrogen and oxygen atoms in total. The van der Waals surface area contributed by atoms with Gasteiger partial charge in [0.2, 0.25) is 0 Å². The third-order valence-electron chi connectivity index (χ3n) is 3.36. The van der Waals surface area contributed by atoms with Crippen molar-refractivity contribution in [3.63, 3.8) is 0 Å². The zero-order chi connectivity index (χ0) is 17.2. The van der Waals surface area contributed by atoms with Gasteiger partial charge >= 0.3 is 0 Å². The molecule has 0 aliphatic carbocycles. The molecule has 0 saturated heterocycles. The van der Waals surface area contributed by atoms with Crippen molar-refractivity contribution in [1.29, 1.82) is 0 Å². The van der Waals surface area contributed by atoms with Gasteiger partial charge in [-0.3, -0.25) is 10.1 Å². The lowest BCUT2D eigenvalue weighted by atomic mass is 10.2. The van der Waals surface area contributed by atoms with Gasteiger partial charge in [-0.25, -0.2) is 0 Å². The third-order valence-corrected chi connectivity index (χ3v) is 3.61. The van der Waals surface area contributed by atoms with Crippen LogP contribution in [0.4, 0.5) is 0 Å². The number of rotatable bonds is 7. The SMILES string of the molecule is CCCNC(=S)NC(=O)c1cccc(OCCc2ccccc2)c1. The summed E-state index contributed by atoms with van der Waals surface area (Å²) in [7, 11) is 0. The van der Waals surface area contributed by atoms with Crippen molar-refractivity contribution in [2.24, 2.45) is 0 Å². The second-order valence-corrected chi connectivity index (χ2v) is 5.73. The molecule has 0 heterocycles. The second kappa shape index (κ2) is 9.67. The molecule has 2 rings (SSSR count). The largest absolute Gasteiger partial charge is 0.493 e. The molecule has 0 aromatic heterocycles. The van der Waals surface area contributed by atoms with Gasteiger partial charge in [-0.05, 0) is 42.4 Å². The van der Waals surface area contributed by atoms with Gasteiger partial charge in [0, 0.05) is 18.5 Å². The molecule has 0 atom stereocenters. The lowest BCUT2D eigenvalue weighted by molar-refractivity contribution is 0.0976. The normalized spacial score (nSPS) is 10.0. The summed E-state index contributed by atoms with van der Waals surface area (Å²) < 4.78 is 5.74. The highest BCUT2D eigenvalue weighted by molar-refractivity contribution is 7.80. The summed E-state index contributed by atoms with van der Waals surface area (Å²) >= 11 is 5.08. The fraction of sp³-hybridized carbons (Fsp3) is 0.263. The minimum atomic E-state index is -0.239. The van der Waals surface area contributed by atoms with E-state index in [1.54, 1.807) is 18.2 Å². The minimum absolute atomic E-state index is 0.239. The summed E-state index contributed by atoms with van der Waals surface area (Å²) in [6.07, 6.45) is 1.77. The van der Waals surface area contributed by atoms with Crippen LogP contribution in [0.5, 0.6) is 5.75 Å². The summed E-state index contributed by atoms with van der Waals surface area (Å²) in [6.45, 7) is 3.33. The van der Waals surface area contributed by atoms with Gasteiger partial charge in [0.15, 0.2) is 5.11 Å². The number of amides is 1. The maximum absolute atomic E-state index is 12.2.